The highest BCUT2D eigenvalue weighted by molar-refractivity contribution is 5.80. The number of esters is 1. The highest BCUT2D eigenvalue weighted by atomic mass is 16.5. The fraction of sp³-hybridized carbons (Fsp3) is 0.625. The van der Waals surface area contributed by atoms with Crippen molar-refractivity contribution in [2.75, 3.05) is 13.7 Å². The number of ether oxygens (including phenoxy) is 1. The molecule has 13 heavy (non-hydrogen) atoms. The lowest BCUT2D eigenvalue weighted by Gasteiger charge is -2.07. The summed E-state index contributed by atoms with van der Waals surface area (Å²) in [6.45, 7) is 4.20. The van der Waals surface area contributed by atoms with Gasteiger partial charge in [0.05, 0.1) is 19.8 Å². The van der Waals surface area contributed by atoms with Gasteiger partial charge in [-0.3, -0.25) is 0 Å². The molecule has 0 fully saturated rings. The third-order valence-electron chi connectivity index (χ3n) is 1.11. The van der Waals surface area contributed by atoms with E-state index in [0.717, 1.165) is 6.08 Å². The molecule has 2 atom stereocenters. The first-order chi connectivity index (χ1) is 5.99. The molecule has 0 rings (SSSR count). The van der Waals surface area contributed by atoms with E-state index < -0.39 is 18.2 Å². The van der Waals surface area contributed by atoms with Gasteiger partial charge in [-0.2, -0.15) is 0 Å². The standard InChI is InChI=1S/C4H10O3.C4H6O2/c1-3(6)4(7)2-5;1-3-4(5)6-2/h3-7H,2H2,1H3;3H,1H2,2H3. The summed E-state index contributed by atoms with van der Waals surface area (Å²) >= 11 is 0. The molecule has 0 amide bonds. The Balaban J connectivity index is 0. The molecule has 0 spiro atoms. The Labute approximate surface area is 77.3 Å². The quantitative estimate of drug-likeness (QED) is 0.397. The molecule has 5 heteroatoms. The highest BCUT2D eigenvalue weighted by Crippen LogP contribution is 1.87. The van der Waals surface area contributed by atoms with E-state index in [4.69, 9.17) is 15.3 Å². The van der Waals surface area contributed by atoms with Crippen LogP contribution in [-0.4, -0.2) is 47.2 Å². The summed E-state index contributed by atoms with van der Waals surface area (Å²) in [6, 6.07) is 0. The van der Waals surface area contributed by atoms with Crippen molar-refractivity contribution in [1.82, 2.24) is 0 Å². The molecule has 0 aromatic rings. The van der Waals surface area contributed by atoms with Gasteiger partial charge in [0.2, 0.25) is 0 Å². The van der Waals surface area contributed by atoms with Crippen LogP contribution in [0.3, 0.4) is 0 Å². The van der Waals surface area contributed by atoms with E-state index in [1.54, 1.807) is 0 Å². The summed E-state index contributed by atoms with van der Waals surface area (Å²) in [5.41, 5.74) is 0. The molecule has 0 aliphatic rings. The summed E-state index contributed by atoms with van der Waals surface area (Å²) < 4.78 is 4.14. The van der Waals surface area contributed by atoms with Crippen LogP contribution in [0.15, 0.2) is 12.7 Å². The Kier molecular flexibility index (Phi) is 10.3. The van der Waals surface area contributed by atoms with Crippen LogP contribution in [0.1, 0.15) is 6.92 Å². The van der Waals surface area contributed by atoms with Crippen LogP contribution in [0.25, 0.3) is 0 Å². The number of rotatable bonds is 3. The van der Waals surface area contributed by atoms with Gasteiger partial charge in [-0.15, -0.1) is 0 Å². The molecule has 0 heterocycles. The van der Waals surface area contributed by atoms with E-state index >= 15 is 0 Å². The zero-order valence-electron chi connectivity index (χ0n) is 7.80. The summed E-state index contributed by atoms with van der Waals surface area (Å²) in [5, 5.41) is 24.9. The Morgan fingerprint density at radius 3 is 2.08 bits per heavy atom. The largest absolute Gasteiger partial charge is 0.466 e. The number of aliphatic hydroxyl groups excluding tert-OH is 3. The van der Waals surface area contributed by atoms with Gasteiger partial charge in [0, 0.05) is 6.08 Å². The molecule has 0 bridgehead atoms. The third-order valence-corrected chi connectivity index (χ3v) is 1.11. The molecule has 0 radical (unpaired) electrons. The fourth-order valence-corrected chi connectivity index (χ4v) is 0.236. The van der Waals surface area contributed by atoms with E-state index in [9.17, 15) is 4.79 Å². The number of methoxy groups -OCH3 is 1. The minimum Gasteiger partial charge on any atom is -0.466 e. The predicted molar refractivity (Wildman–Crippen MR) is 47.0 cm³/mol. The zero-order valence-corrected chi connectivity index (χ0v) is 7.80. The average molecular weight is 192 g/mol. The monoisotopic (exact) mass is 192 g/mol. The minimum atomic E-state index is -0.986. The van der Waals surface area contributed by atoms with Crippen LogP contribution in [0.5, 0.6) is 0 Å². The van der Waals surface area contributed by atoms with Gasteiger partial charge in [0.1, 0.15) is 6.10 Å². The second-order valence-electron chi connectivity index (χ2n) is 2.22. The van der Waals surface area contributed by atoms with Gasteiger partial charge >= 0.3 is 5.97 Å². The van der Waals surface area contributed by atoms with Crippen LogP contribution in [-0.2, 0) is 9.53 Å². The zero-order chi connectivity index (χ0) is 10.9. The second-order valence-corrected chi connectivity index (χ2v) is 2.22. The number of carbonyl (C=O) groups excluding carboxylic acids is 1. The first-order valence-corrected chi connectivity index (χ1v) is 3.66. The van der Waals surface area contributed by atoms with Crippen molar-refractivity contribution in [3.8, 4) is 0 Å². The van der Waals surface area contributed by atoms with Crippen molar-refractivity contribution in [3.05, 3.63) is 12.7 Å². The summed E-state index contributed by atoms with van der Waals surface area (Å²) in [5.74, 6) is -0.394. The first kappa shape index (κ1) is 14.6. The number of hydrogen-bond acceptors (Lipinski definition) is 5. The van der Waals surface area contributed by atoms with Crippen molar-refractivity contribution in [2.24, 2.45) is 0 Å². The SMILES string of the molecule is C=CC(=O)OC.CC(O)C(O)CO. The highest BCUT2D eigenvalue weighted by Gasteiger charge is 2.06. The number of aliphatic hydroxyl groups is 3. The summed E-state index contributed by atoms with van der Waals surface area (Å²) in [6.07, 6.45) is -0.704. The summed E-state index contributed by atoms with van der Waals surface area (Å²) in [7, 11) is 1.31. The molecular formula is C8H16O5. The molecule has 3 N–H and O–H groups in total. The molecule has 0 aromatic carbocycles. The van der Waals surface area contributed by atoms with Crippen molar-refractivity contribution in [3.63, 3.8) is 0 Å². The van der Waals surface area contributed by atoms with E-state index in [1.807, 2.05) is 0 Å². The molecule has 0 aliphatic heterocycles. The van der Waals surface area contributed by atoms with E-state index in [0.29, 0.717) is 0 Å². The van der Waals surface area contributed by atoms with Crippen LogP contribution < -0.4 is 0 Å². The lowest BCUT2D eigenvalue weighted by Crippen LogP contribution is -2.25. The number of carbonyl (C=O) groups is 1. The molecule has 0 aliphatic carbocycles. The van der Waals surface area contributed by atoms with Crippen LogP contribution >= 0.6 is 0 Å². The fourth-order valence-electron chi connectivity index (χ4n) is 0.236. The van der Waals surface area contributed by atoms with Gasteiger partial charge in [-0.05, 0) is 6.92 Å². The summed E-state index contributed by atoms with van der Waals surface area (Å²) in [4.78, 5) is 9.84. The first-order valence-electron chi connectivity index (χ1n) is 3.66. The molecule has 78 valence electrons. The van der Waals surface area contributed by atoms with Gasteiger partial charge in [0.15, 0.2) is 0 Å². The lowest BCUT2D eigenvalue weighted by molar-refractivity contribution is -0.134. The van der Waals surface area contributed by atoms with Crippen LogP contribution in [0, 0.1) is 0 Å². The molecule has 0 aromatic heterocycles. The van der Waals surface area contributed by atoms with Crippen LogP contribution in [0.2, 0.25) is 0 Å². The Bertz CT molecular complexity index is 143. The lowest BCUT2D eigenvalue weighted by atomic mass is 10.2. The maximum atomic E-state index is 9.84. The topological polar surface area (TPSA) is 87.0 Å². The maximum Gasteiger partial charge on any atom is 0.329 e. The van der Waals surface area contributed by atoms with E-state index in [2.05, 4.69) is 11.3 Å². The molecule has 0 saturated heterocycles. The van der Waals surface area contributed by atoms with Gasteiger partial charge in [-0.25, -0.2) is 4.79 Å². The van der Waals surface area contributed by atoms with Crippen molar-refractivity contribution in [1.29, 1.82) is 0 Å². The predicted octanol–water partition coefficient (Wildman–Crippen LogP) is -0.934. The maximum absolute atomic E-state index is 9.84. The van der Waals surface area contributed by atoms with E-state index in [-0.39, 0.29) is 6.61 Å². The third kappa shape index (κ3) is 11.1. The van der Waals surface area contributed by atoms with E-state index in [1.165, 1.54) is 14.0 Å². The van der Waals surface area contributed by atoms with Crippen molar-refractivity contribution in [2.45, 2.75) is 19.1 Å². The molecule has 5 nitrogen and oxygen atoms in total. The second kappa shape index (κ2) is 9.18. The van der Waals surface area contributed by atoms with Crippen LogP contribution in [0.4, 0.5) is 0 Å². The molecule has 2 unspecified atom stereocenters. The molecular weight excluding hydrogens is 176 g/mol. The average Bonchev–Trinajstić information content (AvgIpc) is 2.16. The normalized spacial score (nSPS) is 13.3. The van der Waals surface area contributed by atoms with Gasteiger partial charge < -0.3 is 20.1 Å². The van der Waals surface area contributed by atoms with Gasteiger partial charge in [-0.1, -0.05) is 6.58 Å². The van der Waals surface area contributed by atoms with Crippen molar-refractivity contribution >= 4 is 5.97 Å². The van der Waals surface area contributed by atoms with Crippen molar-refractivity contribution < 1.29 is 24.9 Å². The molecule has 0 saturated carbocycles. The minimum absolute atomic E-state index is 0.377. The Hall–Kier alpha value is -0.910. The Morgan fingerprint density at radius 2 is 2.08 bits per heavy atom. The smallest absolute Gasteiger partial charge is 0.329 e. The Morgan fingerprint density at radius 1 is 1.62 bits per heavy atom. The number of hydrogen-bond donors (Lipinski definition) is 3. The van der Waals surface area contributed by atoms with Gasteiger partial charge in [0.25, 0.3) is 0 Å².